The van der Waals surface area contributed by atoms with E-state index in [2.05, 4.69) is 37.9 Å². The van der Waals surface area contributed by atoms with Crippen LogP contribution in [-0.2, 0) is 13.1 Å². The average molecular weight is 329 g/mol. The van der Waals surface area contributed by atoms with Crippen molar-refractivity contribution >= 4 is 22.6 Å². The van der Waals surface area contributed by atoms with Crippen molar-refractivity contribution in [1.29, 1.82) is 0 Å². The van der Waals surface area contributed by atoms with E-state index in [0.717, 1.165) is 27.6 Å². The summed E-state index contributed by atoms with van der Waals surface area (Å²) in [6, 6.07) is 5.83. The lowest BCUT2D eigenvalue weighted by Gasteiger charge is -2.02. The Morgan fingerprint density at radius 3 is 2.88 bits per heavy atom. The van der Waals surface area contributed by atoms with Crippen molar-refractivity contribution in [3.8, 4) is 0 Å². The summed E-state index contributed by atoms with van der Waals surface area (Å²) in [4.78, 5) is 8.35. The fraction of sp³-hybridized carbons (Fsp3) is 0.273. The Kier molecular flexibility index (Phi) is 3.89. The summed E-state index contributed by atoms with van der Waals surface area (Å²) < 4.78 is 6.35. The first-order valence-corrected chi connectivity index (χ1v) is 6.05. The minimum atomic E-state index is 0.714. The maximum Gasteiger partial charge on any atom is 0.164 e. The SMILES string of the molecule is Cc1nccc(CNCc2ccc(I)o2)n1. The number of halogens is 1. The van der Waals surface area contributed by atoms with Crippen LogP contribution >= 0.6 is 22.6 Å². The summed E-state index contributed by atoms with van der Waals surface area (Å²) in [5.74, 6) is 1.74. The first-order valence-electron chi connectivity index (χ1n) is 4.97. The zero-order valence-corrected chi connectivity index (χ0v) is 11.1. The fourth-order valence-electron chi connectivity index (χ4n) is 1.36. The molecule has 0 bridgehead atoms. The Labute approximate surface area is 108 Å². The van der Waals surface area contributed by atoms with Gasteiger partial charge in [-0.3, -0.25) is 0 Å². The molecule has 0 amide bonds. The average Bonchev–Trinajstić information content (AvgIpc) is 2.64. The topological polar surface area (TPSA) is 51.0 Å². The quantitative estimate of drug-likeness (QED) is 0.875. The minimum Gasteiger partial charge on any atom is -0.454 e. The molecule has 0 radical (unpaired) electrons. The highest BCUT2D eigenvalue weighted by atomic mass is 127. The van der Waals surface area contributed by atoms with Crippen LogP contribution in [0.5, 0.6) is 0 Å². The van der Waals surface area contributed by atoms with E-state index in [9.17, 15) is 0 Å². The van der Waals surface area contributed by atoms with Crippen molar-refractivity contribution in [2.24, 2.45) is 0 Å². The third-order valence-electron chi connectivity index (χ3n) is 2.07. The Balaban J connectivity index is 1.84. The molecule has 16 heavy (non-hydrogen) atoms. The van der Waals surface area contributed by atoms with Crippen LogP contribution in [-0.4, -0.2) is 9.97 Å². The second-order valence-electron chi connectivity index (χ2n) is 3.40. The van der Waals surface area contributed by atoms with Gasteiger partial charge in [0.15, 0.2) is 3.77 Å². The van der Waals surface area contributed by atoms with Gasteiger partial charge in [-0.05, 0) is 47.7 Å². The van der Waals surface area contributed by atoms with Gasteiger partial charge in [0.2, 0.25) is 0 Å². The maximum absolute atomic E-state index is 5.44. The van der Waals surface area contributed by atoms with Gasteiger partial charge < -0.3 is 9.73 Å². The zero-order chi connectivity index (χ0) is 11.4. The maximum atomic E-state index is 5.44. The molecule has 2 heterocycles. The minimum absolute atomic E-state index is 0.714. The normalized spacial score (nSPS) is 10.6. The van der Waals surface area contributed by atoms with Crippen LogP contribution in [0.15, 0.2) is 28.8 Å². The first kappa shape index (κ1) is 11.5. The van der Waals surface area contributed by atoms with Crippen molar-refractivity contribution in [2.45, 2.75) is 20.0 Å². The van der Waals surface area contributed by atoms with Crippen molar-refractivity contribution in [2.75, 3.05) is 0 Å². The molecule has 0 unspecified atom stereocenters. The predicted molar refractivity (Wildman–Crippen MR) is 68.7 cm³/mol. The lowest BCUT2D eigenvalue weighted by Crippen LogP contribution is -2.13. The van der Waals surface area contributed by atoms with E-state index in [1.807, 2.05) is 25.1 Å². The van der Waals surface area contributed by atoms with Gasteiger partial charge in [-0.1, -0.05) is 0 Å². The molecule has 2 aromatic rings. The molecule has 4 nitrogen and oxygen atoms in total. The largest absolute Gasteiger partial charge is 0.454 e. The molecule has 1 N–H and O–H groups in total. The van der Waals surface area contributed by atoms with Crippen molar-refractivity contribution in [3.05, 3.63) is 45.4 Å². The number of furan rings is 1. The predicted octanol–water partition coefficient (Wildman–Crippen LogP) is 2.27. The summed E-state index contributed by atoms with van der Waals surface area (Å²) in [5.41, 5.74) is 0.994. The second kappa shape index (κ2) is 5.40. The van der Waals surface area contributed by atoms with E-state index < -0.39 is 0 Å². The van der Waals surface area contributed by atoms with Crippen LogP contribution < -0.4 is 5.32 Å². The molecule has 0 atom stereocenters. The number of nitrogens with zero attached hydrogens (tertiary/aromatic N) is 2. The zero-order valence-electron chi connectivity index (χ0n) is 8.90. The molecule has 0 saturated heterocycles. The highest BCUT2D eigenvalue weighted by Crippen LogP contribution is 2.09. The molecule has 5 heteroatoms. The highest BCUT2D eigenvalue weighted by molar-refractivity contribution is 14.1. The molecule has 0 aliphatic carbocycles. The van der Waals surface area contributed by atoms with E-state index in [1.165, 1.54) is 0 Å². The molecule has 0 spiro atoms. The van der Waals surface area contributed by atoms with Crippen LogP contribution in [0, 0.1) is 10.7 Å². The molecule has 0 aliphatic rings. The number of nitrogens with one attached hydrogen (secondary N) is 1. The molecular formula is C11H12IN3O. The number of rotatable bonds is 4. The number of aromatic nitrogens is 2. The molecule has 84 valence electrons. The van der Waals surface area contributed by atoms with Crippen LogP contribution in [0.3, 0.4) is 0 Å². The monoisotopic (exact) mass is 329 g/mol. The number of aryl methyl sites for hydroxylation is 1. The van der Waals surface area contributed by atoms with Crippen molar-refractivity contribution < 1.29 is 4.42 Å². The molecule has 0 aromatic carbocycles. The van der Waals surface area contributed by atoms with Gasteiger partial charge in [-0.25, -0.2) is 9.97 Å². The standard InChI is InChI=1S/C11H12IN3O/c1-8-14-5-4-9(15-8)6-13-7-10-2-3-11(12)16-10/h2-5,13H,6-7H2,1H3. The van der Waals surface area contributed by atoms with Crippen LogP contribution in [0.4, 0.5) is 0 Å². The molecule has 2 rings (SSSR count). The van der Waals surface area contributed by atoms with Crippen molar-refractivity contribution in [1.82, 2.24) is 15.3 Å². The molecule has 0 fully saturated rings. The molecule has 0 saturated carbocycles. The summed E-state index contributed by atoms with van der Waals surface area (Å²) >= 11 is 2.15. The Morgan fingerprint density at radius 2 is 2.19 bits per heavy atom. The third kappa shape index (κ3) is 3.28. The van der Waals surface area contributed by atoms with Gasteiger partial charge in [0, 0.05) is 12.7 Å². The fourth-order valence-corrected chi connectivity index (χ4v) is 1.83. The summed E-state index contributed by atoms with van der Waals surface area (Å²) in [5, 5.41) is 3.27. The van der Waals surface area contributed by atoms with Crippen LogP contribution in [0.2, 0.25) is 0 Å². The van der Waals surface area contributed by atoms with Crippen LogP contribution in [0.25, 0.3) is 0 Å². The number of hydrogen-bond donors (Lipinski definition) is 1. The van der Waals surface area contributed by atoms with E-state index in [4.69, 9.17) is 4.42 Å². The second-order valence-corrected chi connectivity index (χ2v) is 4.47. The van der Waals surface area contributed by atoms with Gasteiger partial charge in [0.05, 0.1) is 12.2 Å². The molecule has 0 aliphatic heterocycles. The van der Waals surface area contributed by atoms with Crippen LogP contribution in [0.1, 0.15) is 17.3 Å². The lowest BCUT2D eigenvalue weighted by molar-refractivity contribution is 0.462. The lowest BCUT2D eigenvalue weighted by atomic mass is 10.3. The Hall–Kier alpha value is -0.950. The van der Waals surface area contributed by atoms with Crippen molar-refractivity contribution in [3.63, 3.8) is 0 Å². The van der Waals surface area contributed by atoms with Gasteiger partial charge in [-0.2, -0.15) is 0 Å². The smallest absolute Gasteiger partial charge is 0.164 e. The Morgan fingerprint density at radius 1 is 1.31 bits per heavy atom. The van der Waals surface area contributed by atoms with E-state index in [0.29, 0.717) is 6.54 Å². The summed E-state index contributed by atoms with van der Waals surface area (Å²) in [6.07, 6.45) is 1.77. The summed E-state index contributed by atoms with van der Waals surface area (Å²) in [6.45, 7) is 3.32. The van der Waals surface area contributed by atoms with Gasteiger partial charge >= 0.3 is 0 Å². The molecule has 2 aromatic heterocycles. The van der Waals surface area contributed by atoms with E-state index in [-0.39, 0.29) is 0 Å². The van der Waals surface area contributed by atoms with Gasteiger partial charge in [0.1, 0.15) is 11.6 Å². The number of hydrogen-bond acceptors (Lipinski definition) is 4. The first-order chi connectivity index (χ1) is 7.74. The summed E-state index contributed by atoms with van der Waals surface area (Å²) in [7, 11) is 0. The highest BCUT2D eigenvalue weighted by Gasteiger charge is 1.99. The van der Waals surface area contributed by atoms with Gasteiger partial charge in [0.25, 0.3) is 0 Å². The van der Waals surface area contributed by atoms with E-state index >= 15 is 0 Å². The van der Waals surface area contributed by atoms with E-state index in [1.54, 1.807) is 6.20 Å². The third-order valence-corrected chi connectivity index (χ3v) is 2.65. The molecular weight excluding hydrogens is 317 g/mol. The van der Waals surface area contributed by atoms with Gasteiger partial charge in [-0.15, -0.1) is 0 Å². The Bertz CT molecular complexity index is 470.